The second-order valence-electron chi connectivity index (χ2n) is 4.21. The van der Waals surface area contributed by atoms with E-state index in [1.165, 1.54) is 10.7 Å². The summed E-state index contributed by atoms with van der Waals surface area (Å²) in [7, 11) is 0. The summed E-state index contributed by atoms with van der Waals surface area (Å²) in [5.74, 6) is -1.14. The molecule has 0 amide bonds. The van der Waals surface area contributed by atoms with Gasteiger partial charge in [-0.15, -0.1) is 5.10 Å². The van der Waals surface area contributed by atoms with E-state index < -0.39 is 10.9 Å². The van der Waals surface area contributed by atoms with Gasteiger partial charge in [0.25, 0.3) is 5.69 Å². The summed E-state index contributed by atoms with van der Waals surface area (Å²) in [4.78, 5) is 21.5. The molecule has 0 aliphatic rings. The van der Waals surface area contributed by atoms with Crippen LogP contribution in [0.15, 0.2) is 22.7 Å². The predicted molar refractivity (Wildman–Crippen MR) is 76.3 cm³/mol. The van der Waals surface area contributed by atoms with E-state index in [9.17, 15) is 14.9 Å². The molecule has 0 radical (unpaired) electrons. The summed E-state index contributed by atoms with van der Waals surface area (Å²) < 4.78 is 1.79. The lowest BCUT2D eigenvalue weighted by Gasteiger charge is -2.07. The van der Waals surface area contributed by atoms with E-state index in [0.29, 0.717) is 22.2 Å². The molecule has 0 unspecified atom stereocenters. The minimum absolute atomic E-state index is 0.0517. The normalized spacial score (nSPS) is 10.6. The molecule has 0 saturated heterocycles. The average Bonchev–Trinajstić information content (AvgIpc) is 2.83. The number of hydrogen-bond donors (Lipinski definition) is 1. The minimum atomic E-state index is -1.14. The van der Waals surface area contributed by atoms with Gasteiger partial charge in [-0.05, 0) is 27.9 Å². The van der Waals surface area contributed by atoms with Crippen molar-refractivity contribution in [3.05, 3.63) is 49.7 Å². The van der Waals surface area contributed by atoms with E-state index in [1.807, 2.05) is 0 Å². The molecule has 2 rings (SSSR count). The molecule has 0 aliphatic carbocycles. The molecule has 0 fully saturated rings. The molecule has 1 N–H and O–H groups in total. The van der Waals surface area contributed by atoms with Gasteiger partial charge in [0.05, 0.1) is 17.2 Å². The van der Waals surface area contributed by atoms with Gasteiger partial charge < -0.3 is 5.11 Å². The van der Waals surface area contributed by atoms with E-state index in [0.717, 1.165) is 0 Å². The number of carbonyl (C=O) groups is 1. The summed E-state index contributed by atoms with van der Waals surface area (Å²) in [5, 5.41) is 27.4. The van der Waals surface area contributed by atoms with Crippen molar-refractivity contribution in [3.8, 4) is 0 Å². The second-order valence-corrected chi connectivity index (χ2v) is 5.00. The van der Waals surface area contributed by atoms with Crippen LogP contribution in [0.1, 0.15) is 28.7 Å². The van der Waals surface area contributed by atoms with Gasteiger partial charge in [-0.1, -0.05) is 24.3 Å². The summed E-state index contributed by atoms with van der Waals surface area (Å²) >= 11 is 3.20. The zero-order chi connectivity index (χ0) is 15.6. The minimum Gasteiger partial charge on any atom is -0.476 e. The van der Waals surface area contributed by atoms with Crippen molar-refractivity contribution in [2.45, 2.75) is 19.9 Å². The predicted octanol–water partition coefficient (Wildman–Crippen LogP) is 2.26. The number of nitrogens with zero attached hydrogens (tertiary/aromatic N) is 4. The summed E-state index contributed by atoms with van der Waals surface area (Å²) in [6.45, 7) is 2.00. The molecule has 9 heteroatoms. The van der Waals surface area contributed by atoms with Gasteiger partial charge in [-0.3, -0.25) is 10.1 Å². The first-order valence-electron chi connectivity index (χ1n) is 6.03. The van der Waals surface area contributed by atoms with E-state index in [-0.39, 0.29) is 17.9 Å². The number of aromatic carboxylic acids is 1. The Kier molecular flexibility index (Phi) is 4.32. The van der Waals surface area contributed by atoms with Crippen molar-refractivity contribution < 1.29 is 14.8 Å². The van der Waals surface area contributed by atoms with Crippen LogP contribution >= 0.6 is 15.9 Å². The van der Waals surface area contributed by atoms with Crippen molar-refractivity contribution in [2.75, 3.05) is 0 Å². The Morgan fingerprint density at radius 1 is 1.52 bits per heavy atom. The Labute approximate surface area is 127 Å². The lowest BCUT2D eigenvalue weighted by Crippen LogP contribution is -2.09. The third-order valence-corrected chi connectivity index (χ3v) is 3.87. The molecule has 0 aliphatic heterocycles. The summed E-state index contributed by atoms with van der Waals surface area (Å²) in [6.07, 6.45) is 0.446. The van der Waals surface area contributed by atoms with E-state index >= 15 is 0 Å². The van der Waals surface area contributed by atoms with Crippen LogP contribution in [0.3, 0.4) is 0 Å². The van der Waals surface area contributed by atoms with Crippen molar-refractivity contribution in [3.63, 3.8) is 0 Å². The van der Waals surface area contributed by atoms with E-state index in [1.54, 1.807) is 19.1 Å². The van der Waals surface area contributed by atoms with Crippen LogP contribution in [0.4, 0.5) is 5.69 Å². The first-order chi connectivity index (χ1) is 9.95. The molecule has 1 aromatic carbocycles. The van der Waals surface area contributed by atoms with Gasteiger partial charge in [0.1, 0.15) is 4.47 Å². The van der Waals surface area contributed by atoms with Gasteiger partial charge in [0.15, 0.2) is 5.69 Å². The lowest BCUT2D eigenvalue weighted by molar-refractivity contribution is -0.385. The molecule has 1 aromatic heterocycles. The highest BCUT2D eigenvalue weighted by Crippen LogP contribution is 2.29. The van der Waals surface area contributed by atoms with Gasteiger partial charge in [-0.25, -0.2) is 9.48 Å². The second kappa shape index (κ2) is 6.00. The molecule has 1 heterocycles. The smallest absolute Gasteiger partial charge is 0.358 e. The zero-order valence-corrected chi connectivity index (χ0v) is 12.6. The fourth-order valence-corrected chi connectivity index (χ4v) is 2.50. The topological polar surface area (TPSA) is 111 Å². The Morgan fingerprint density at radius 2 is 2.24 bits per heavy atom. The number of carboxylic acid groups (broad SMARTS) is 1. The molecule has 0 atom stereocenters. The molecular formula is C12H11BrN4O4. The summed E-state index contributed by atoms with van der Waals surface area (Å²) in [6, 6.07) is 4.66. The third-order valence-electron chi connectivity index (χ3n) is 2.95. The average molecular weight is 355 g/mol. The molecule has 2 aromatic rings. The number of hydrogen-bond acceptors (Lipinski definition) is 5. The molecule has 0 saturated carbocycles. The van der Waals surface area contributed by atoms with Crippen molar-refractivity contribution in [1.82, 2.24) is 15.0 Å². The van der Waals surface area contributed by atoms with Gasteiger partial charge in [-0.2, -0.15) is 0 Å². The molecule has 8 nitrogen and oxygen atoms in total. The van der Waals surface area contributed by atoms with Crippen LogP contribution in [-0.4, -0.2) is 31.0 Å². The number of benzene rings is 1. The number of nitro benzene ring substituents is 1. The van der Waals surface area contributed by atoms with Crippen molar-refractivity contribution in [2.24, 2.45) is 0 Å². The first kappa shape index (κ1) is 15.1. The monoisotopic (exact) mass is 354 g/mol. The fourth-order valence-electron chi connectivity index (χ4n) is 1.97. The highest BCUT2D eigenvalue weighted by atomic mass is 79.9. The molecule has 21 heavy (non-hydrogen) atoms. The van der Waals surface area contributed by atoms with Crippen molar-refractivity contribution in [1.29, 1.82) is 0 Å². The van der Waals surface area contributed by atoms with Gasteiger partial charge >= 0.3 is 5.97 Å². The highest BCUT2D eigenvalue weighted by Gasteiger charge is 2.20. The molecular weight excluding hydrogens is 344 g/mol. The lowest BCUT2D eigenvalue weighted by atomic mass is 10.2. The van der Waals surface area contributed by atoms with Crippen LogP contribution in [-0.2, 0) is 13.0 Å². The number of rotatable bonds is 5. The standard InChI is InChI=1S/C12H11BrN4O4/c1-2-8-11(12(18)19)14-15-16(8)6-7-4-3-5-9(10(7)13)17(20)21/h3-5H,2,6H2,1H3,(H,18,19). The highest BCUT2D eigenvalue weighted by molar-refractivity contribution is 9.10. The first-order valence-corrected chi connectivity index (χ1v) is 6.82. The number of aromatic nitrogens is 3. The quantitative estimate of drug-likeness (QED) is 0.650. The van der Waals surface area contributed by atoms with Crippen LogP contribution in [0.5, 0.6) is 0 Å². The van der Waals surface area contributed by atoms with E-state index in [4.69, 9.17) is 5.11 Å². The van der Waals surface area contributed by atoms with Gasteiger partial charge in [0, 0.05) is 6.07 Å². The maximum absolute atomic E-state index is 11.0. The maximum Gasteiger partial charge on any atom is 0.358 e. The number of halogens is 1. The zero-order valence-electron chi connectivity index (χ0n) is 11.0. The summed E-state index contributed by atoms with van der Waals surface area (Å²) in [5.41, 5.74) is 0.949. The number of carboxylic acids is 1. The third kappa shape index (κ3) is 2.92. The largest absolute Gasteiger partial charge is 0.476 e. The van der Waals surface area contributed by atoms with Crippen LogP contribution in [0.25, 0.3) is 0 Å². The molecule has 0 bridgehead atoms. The Balaban J connectivity index is 2.42. The van der Waals surface area contributed by atoms with Crippen LogP contribution in [0.2, 0.25) is 0 Å². The Bertz CT molecular complexity index is 713. The van der Waals surface area contributed by atoms with Crippen LogP contribution < -0.4 is 0 Å². The Morgan fingerprint density at radius 3 is 2.81 bits per heavy atom. The SMILES string of the molecule is CCc1c(C(=O)O)nnn1Cc1cccc([N+](=O)[O-])c1Br. The van der Waals surface area contributed by atoms with E-state index in [2.05, 4.69) is 26.2 Å². The van der Waals surface area contributed by atoms with Crippen LogP contribution in [0, 0.1) is 10.1 Å². The fraction of sp³-hybridized carbons (Fsp3) is 0.250. The van der Waals surface area contributed by atoms with Gasteiger partial charge in [0.2, 0.25) is 0 Å². The number of nitro groups is 1. The van der Waals surface area contributed by atoms with Crippen molar-refractivity contribution >= 4 is 27.6 Å². The molecule has 110 valence electrons. The molecule has 0 spiro atoms. The maximum atomic E-state index is 11.0. The Hall–Kier alpha value is -2.29.